The second-order valence-corrected chi connectivity index (χ2v) is 6.17. The highest BCUT2D eigenvalue weighted by Crippen LogP contribution is 2.20. The van der Waals surface area contributed by atoms with Gasteiger partial charge in [0.05, 0.1) is 0 Å². The third-order valence-corrected chi connectivity index (χ3v) is 3.96. The minimum Gasteiger partial charge on any atom is -0.351 e. The lowest BCUT2D eigenvalue weighted by atomic mass is 9.90. The Morgan fingerprint density at radius 1 is 0.958 bits per heavy atom. The summed E-state index contributed by atoms with van der Waals surface area (Å²) < 4.78 is 0. The van der Waals surface area contributed by atoms with Crippen molar-refractivity contribution >= 4 is 17.5 Å². The van der Waals surface area contributed by atoms with Gasteiger partial charge in [-0.2, -0.15) is 0 Å². The van der Waals surface area contributed by atoms with E-state index in [0.717, 1.165) is 12.0 Å². The lowest BCUT2D eigenvalue weighted by Crippen LogP contribution is -2.44. The van der Waals surface area contributed by atoms with Gasteiger partial charge in [-0.3, -0.25) is 14.6 Å². The van der Waals surface area contributed by atoms with Crippen molar-refractivity contribution in [1.82, 2.24) is 10.3 Å². The molecular formula is C19H23N3O2. The number of benzene rings is 1. The van der Waals surface area contributed by atoms with Crippen molar-refractivity contribution < 1.29 is 9.59 Å². The molecule has 5 nitrogen and oxygen atoms in total. The monoisotopic (exact) mass is 325 g/mol. The number of carbonyl (C=O) groups excluding carboxylic acids is 2. The Morgan fingerprint density at radius 3 is 2.17 bits per heavy atom. The minimum atomic E-state index is -1.17. The number of carbonyl (C=O) groups is 2. The molecule has 126 valence electrons. The van der Waals surface area contributed by atoms with Gasteiger partial charge in [-0.25, -0.2) is 0 Å². The highest BCUT2D eigenvalue weighted by Gasteiger charge is 2.35. The van der Waals surface area contributed by atoms with Crippen molar-refractivity contribution in [3.63, 3.8) is 0 Å². The summed E-state index contributed by atoms with van der Waals surface area (Å²) in [6, 6.07) is 11.3. The van der Waals surface area contributed by atoms with Crippen LogP contribution in [-0.4, -0.2) is 16.8 Å². The Morgan fingerprint density at radius 2 is 1.58 bits per heavy atom. The summed E-state index contributed by atoms with van der Waals surface area (Å²) in [4.78, 5) is 28.8. The summed E-state index contributed by atoms with van der Waals surface area (Å²) in [5.74, 6) is -0.652. The van der Waals surface area contributed by atoms with Gasteiger partial charge in [-0.15, -0.1) is 0 Å². The summed E-state index contributed by atoms with van der Waals surface area (Å²) in [6.45, 7) is 5.67. The van der Waals surface area contributed by atoms with Crippen LogP contribution in [0.1, 0.15) is 31.9 Å². The Hall–Kier alpha value is -2.69. The molecule has 0 aliphatic carbocycles. The molecule has 0 bridgehead atoms. The fraction of sp³-hybridized carbons (Fsp3) is 0.316. The molecule has 0 saturated carbocycles. The fourth-order valence-electron chi connectivity index (χ4n) is 2.12. The second-order valence-electron chi connectivity index (χ2n) is 6.17. The number of aromatic nitrogens is 1. The molecule has 1 aromatic carbocycles. The first kappa shape index (κ1) is 17.7. The van der Waals surface area contributed by atoms with E-state index in [2.05, 4.69) is 22.5 Å². The molecule has 1 aromatic heterocycles. The van der Waals surface area contributed by atoms with Crippen LogP contribution in [-0.2, 0) is 22.6 Å². The SMILES string of the molecule is CCc1ccc(NC(=O)C(C)(C)C(=O)NCc2ccncc2)cc1. The molecule has 0 atom stereocenters. The van der Waals surface area contributed by atoms with Crippen molar-refractivity contribution in [3.8, 4) is 0 Å². The molecule has 5 heteroatoms. The predicted molar refractivity (Wildman–Crippen MR) is 94.3 cm³/mol. The fourth-order valence-corrected chi connectivity index (χ4v) is 2.12. The Kier molecular flexibility index (Phi) is 5.68. The van der Waals surface area contributed by atoms with Crippen LogP contribution in [0.15, 0.2) is 48.8 Å². The van der Waals surface area contributed by atoms with Gasteiger partial charge in [-0.05, 0) is 55.7 Å². The lowest BCUT2D eigenvalue weighted by Gasteiger charge is -2.22. The maximum atomic E-state index is 12.5. The van der Waals surface area contributed by atoms with Crippen LogP contribution in [0.2, 0.25) is 0 Å². The van der Waals surface area contributed by atoms with Crippen LogP contribution in [0.4, 0.5) is 5.69 Å². The molecule has 2 amide bonds. The van der Waals surface area contributed by atoms with E-state index < -0.39 is 5.41 Å². The summed E-state index contributed by atoms with van der Waals surface area (Å²) >= 11 is 0. The van der Waals surface area contributed by atoms with E-state index in [1.54, 1.807) is 26.2 Å². The van der Waals surface area contributed by atoms with E-state index in [0.29, 0.717) is 12.2 Å². The topological polar surface area (TPSA) is 71.1 Å². The average Bonchev–Trinajstić information content (AvgIpc) is 2.61. The molecule has 0 unspecified atom stereocenters. The number of nitrogens with one attached hydrogen (secondary N) is 2. The molecule has 0 radical (unpaired) electrons. The summed E-state index contributed by atoms with van der Waals surface area (Å²) in [5, 5.41) is 5.60. The van der Waals surface area contributed by atoms with E-state index in [4.69, 9.17) is 0 Å². The van der Waals surface area contributed by atoms with Gasteiger partial charge in [0.15, 0.2) is 0 Å². The number of nitrogens with zero attached hydrogens (tertiary/aromatic N) is 1. The van der Waals surface area contributed by atoms with Gasteiger partial charge in [0, 0.05) is 24.6 Å². The molecule has 24 heavy (non-hydrogen) atoms. The molecule has 0 spiro atoms. The number of hydrogen-bond donors (Lipinski definition) is 2. The van der Waals surface area contributed by atoms with Crippen LogP contribution in [0.3, 0.4) is 0 Å². The number of pyridine rings is 1. The van der Waals surface area contributed by atoms with Crippen molar-refractivity contribution in [1.29, 1.82) is 0 Å². The Balaban J connectivity index is 1.96. The van der Waals surface area contributed by atoms with Gasteiger partial charge in [0.1, 0.15) is 5.41 Å². The standard InChI is InChI=1S/C19H23N3O2/c1-4-14-5-7-16(8-6-14)22-18(24)19(2,3)17(23)21-13-15-9-11-20-12-10-15/h5-12H,4,13H2,1-3H3,(H,21,23)(H,22,24). The zero-order valence-corrected chi connectivity index (χ0v) is 14.3. The van der Waals surface area contributed by atoms with Crippen molar-refractivity contribution in [3.05, 3.63) is 59.9 Å². The maximum absolute atomic E-state index is 12.5. The van der Waals surface area contributed by atoms with E-state index in [1.807, 2.05) is 36.4 Å². The van der Waals surface area contributed by atoms with Crippen molar-refractivity contribution in [2.24, 2.45) is 5.41 Å². The molecule has 2 rings (SSSR count). The quantitative estimate of drug-likeness (QED) is 0.802. The summed E-state index contributed by atoms with van der Waals surface area (Å²) in [6.07, 6.45) is 4.27. The van der Waals surface area contributed by atoms with E-state index in [-0.39, 0.29) is 11.8 Å². The van der Waals surface area contributed by atoms with E-state index >= 15 is 0 Å². The first-order chi connectivity index (χ1) is 11.4. The number of hydrogen-bond acceptors (Lipinski definition) is 3. The molecule has 2 N–H and O–H groups in total. The molecule has 0 saturated heterocycles. The highest BCUT2D eigenvalue weighted by molar-refractivity contribution is 6.09. The van der Waals surface area contributed by atoms with Gasteiger partial charge in [-0.1, -0.05) is 19.1 Å². The van der Waals surface area contributed by atoms with E-state index in [9.17, 15) is 9.59 Å². The van der Waals surface area contributed by atoms with Crippen LogP contribution in [0.5, 0.6) is 0 Å². The largest absolute Gasteiger partial charge is 0.351 e. The predicted octanol–water partition coefficient (Wildman–Crippen LogP) is 2.93. The van der Waals surface area contributed by atoms with Crippen LogP contribution in [0.25, 0.3) is 0 Å². The number of rotatable bonds is 6. The normalized spacial score (nSPS) is 11.0. The van der Waals surface area contributed by atoms with Crippen LogP contribution in [0, 0.1) is 5.41 Å². The number of anilines is 1. The summed E-state index contributed by atoms with van der Waals surface area (Å²) in [7, 11) is 0. The van der Waals surface area contributed by atoms with Crippen LogP contribution < -0.4 is 10.6 Å². The first-order valence-electron chi connectivity index (χ1n) is 8.01. The zero-order chi connectivity index (χ0) is 17.6. The zero-order valence-electron chi connectivity index (χ0n) is 14.3. The second kappa shape index (κ2) is 7.73. The molecule has 0 fully saturated rings. The summed E-state index contributed by atoms with van der Waals surface area (Å²) in [5.41, 5.74) is 1.65. The maximum Gasteiger partial charge on any atom is 0.239 e. The minimum absolute atomic E-state index is 0.318. The lowest BCUT2D eigenvalue weighted by molar-refractivity contribution is -0.138. The third kappa shape index (κ3) is 4.41. The van der Waals surface area contributed by atoms with Gasteiger partial charge < -0.3 is 10.6 Å². The van der Waals surface area contributed by atoms with Gasteiger partial charge in [0.2, 0.25) is 11.8 Å². The Bertz CT molecular complexity index is 694. The molecule has 2 aromatic rings. The van der Waals surface area contributed by atoms with Gasteiger partial charge >= 0.3 is 0 Å². The number of aryl methyl sites for hydroxylation is 1. The molecule has 0 aliphatic rings. The average molecular weight is 325 g/mol. The highest BCUT2D eigenvalue weighted by atomic mass is 16.2. The molecular weight excluding hydrogens is 302 g/mol. The first-order valence-corrected chi connectivity index (χ1v) is 8.01. The third-order valence-electron chi connectivity index (χ3n) is 3.96. The van der Waals surface area contributed by atoms with E-state index in [1.165, 1.54) is 5.56 Å². The van der Waals surface area contributed by atoms with Gasteiger partial charge in [0.25, 0.3) is 0 Å². The van der Waals surface area contributed by atoms with Crippen molar-refractivity contribution in [2.75, 3.05) is 5.32 Å². The smallest absolute Gasteiger partial charge is 0.239 e. The molecule has 1 heterocycles. The Labute approximate surface area is 142 Å². The van der Waals surface area contributed by atoms with Crippen LogP contribution >= 0.6 is 0 Å². The number of amides is 2. The van der Waals surface area contributed by atoms with Crippen molar-refractivity contribution in [2.45, 2.75) is 33.7 Å². The molecule has 0 aliphatic heterocycles.